The molecule has 0 aliphatic rings. The molecule has 0 saturated carbocycles. The van der Waals surface area contributed by atoms with E-state index in [2.05, 4.69) is 34.3 Å². The van der Waals surface area contributed by atoms with Crippen molar-refractivity contribution in [1.29, 1.82) is 0 Å². The standard InChI is InChI=1S/C12H22O2/c1-7-8-11(14-10(3)13)9(2)12(4,5)6/h7,9,11H,1,8H2,2-6H3/t9-,11-/m1/s1. The van der Waals surface area contributed by atoms with E-state index in [0.29, 0.717) is 5.92 Å². The lowest BCUT2D eigenvalue weighted by atomic mass is 9.78. The Labute approximate surface area is 87.3 Å². The first kappa shape index (κ1) is 13.2. The van der Waals surface area contributed by atoms with Gasteiger partial charge >= 0.3 is 5.97 Å². The van der Waals surface area contributed by atoms with Gasteiger partial charge in [-0.2, -0.15) is 0 Å². The third-order valence-electron chi connectivity index (χ3n) is 2.64. The lowest BCUT2D eigenvalue weighted by molar-refractivity contribution is -0.150. The molecule has 2 atom stereocenters. The molecular formula is C12H22O2. The van der Waals surface area contributed by atoms with Gasteiger partial charge in [-0.25, -0.2) is 0 Å². The molecule has 0 radical (unpaired) electrons. The van der Waals surface area contributed by atoms with Gasteiger partial charge in [0, 0.05) is 13.3 Å². The molecule has 2 nitrogen and oxygen atoms in total. The summed E-state index contributed by atoms with van der Waals surface area (Å²) in [6.45, 7) is 13.7. The Morgan fingerprint density at radius 1 is 1.50 bits per heavy atom. The Balaban J connectivity index is 4.47. The maximum absolute atomic E-state index is 10.9. The summed E-state index contributed by atoms with van der Waals surface area (Å²) in [5, 5.41) is 0. The highest BCUT2D eigenvalue weighted by atomic mass is 16.5. The molecule has 0 aromatic heterocycles. The predicted molar refractivity (Wildman–Crippen MR) is 59.0 cm³/mol. The van der Waals surface area contributed by atoms with Crippen molar-refractivity contribution in [2.45, 2.75) is 47.1 Å². The summed E-state index contributed by atoms with van der Waals surface area (Å²) in [6.07, 6.45) is 2.47. The average molecular weight is 198 g/mol. The van der Waals surface area contributed by atoms with E-state index < -0.39 is 0 Å². The summed E-state index contributed by atoms with van der Waals surface area (Å²) in [6, 6.07) is 0. The van der Waals surface area contributed by atoms with Crippen molar-refractivity contribution in [3.63, 3.8) is 0 Å². The Morgan fingerprint density at radius 2 is 2.00 bits per heavy atom. The zero-order valence-corrected chi connectivity index (χ0v) is 9.96. The minimum Gasteiger partial charge on any atom is -0.462 e. The van der Waals surface area contributed by atoms with Crippen LogP contribution >= 0.6 is 0 Å². The molecular weight excluding hydrogens is 176 g/mol. The van der Waals surface area contributed by atoms with Gasteiger partial charge < -0.3 is 4.74 Å². The smallest absolute Gasteiger partial charge is 0.302 e. The van der Waals surface area contributed by atoms with Crippen LogP contribution in [-0.2, 0) is 9.53 Å². The van der Waals surface area contributed by atoms with Crippen LogP contribution < -0.4 is 0 Å². The summed E-state index contributed by atoms with van der Waals surface area (Å²) >= 11 is 0. The van der Waals surface area contributed by atoms with Crippen LogP contribution in [0.5, 0.6) is 0 Å². The maximum atomic E-state index is 10.9. The molecule has 14 heavy (non-hydrogen) atoms. The van der Waals surface area contributed by atoms with E-state index in [-0.39, 0.29) is 17.5 Å². The number of rotatable bonds is 4. The predicted octanol–water partition coefficient (Wildman–Crippen LogP) is 3.18. The van der Waals surface area contributed by atoms with Crippen molar-refractivity contribution in [3.05, 3.63) is 12.7 Å². The Hall–Kier alpha value is -0.790. The van der Waals surface area contributed by atoms with E-state index >= 15 is 0 Å². The van der Waals surface area contributed by atoms with Gasteiger partial charge in [0.05, 0.1) is 0 Å². The van der Waals surface area contributed by atoms with Gasteiger partial charge in [-0.15, -0.1) is 6.58 Å². The summed E-state index contributed by atoms with van der Waals surface area (Å²) in [4.78, 5) is 10.9. The van der Waals surface area contributed by atoms with Crippen molar-refractivity contribution >= 4 is 5.97 Å². The number of hydrogen-bond donors (Lipinski definition) is 0. The molecule has 0 aliphatic carbocycles. The molecule has 0 bridgehead atoms. The van der Waals surface area contributed by atoms with Gasteiger partial charge in [0.2, 0.25) is 0 Å². The van der Waals surface area contributed by atoms with Crippen LogP contribution in [-0.4, -0.2) is 12.1 Å². The summed E-state index contributed by atoms with van der Waals surface area (Å²) in [5.41, 5.74) is 0.142. The number of carbonyl (C=O) groups excluding carboxylic acids is 1. The lowest BCUT2D eigenvalue weighted by Crippen LogP contribution is -2.32. The second-order valence-corrected chi connectivity index (χ2v) is 4.83. The van der Waals surface area contributed by atoms with Crippen molar-refractivity contribution in [3.8, 4) is 0 Å². The average Bonchev–Trinajstić information content (AvgIpc) is 2.00. The van der Waals surface area contributed by atoms with Crippen LogP contribution in [0.1, 0.15) is 41.0 Å². The first-order chi connectivity index (χ1) is 6.29. The molecule has 0 saturated heterocycles. The zero-order chi connectivity index (χ0) is 11.4. The van der Waals surface area contributed by atoms with E-state index in [1.54, 1.807) is 6.08 Å². The zero-order valence-electron chi connectivity index (χ0n) is 9.96. The minimum atomic E-state index is -0.215. The lowest BCUT2D eigenvalue weighted by Gasteiger charge is -2.33. The minimum absolute atomic E-state index is 0.0509. The molecule has 0 N–H and O–H groups in total. The highest BCUT2D eigenvalue weighted by Gasteiger charge is 2.29. The molecule has 0 rings (SSSR count). The van der Waals surface area contributed by atoms with E-state index in [1.165, 1.54) is 6.92 Å². The van der Waals surface area contributed by atoms with Crippen LogP contribution in [0.15, 0.2) is 12.7 Å². The first-order valence-corrected chi connectivity index (χ1v) is 5.07. The van der Waals surface area contributed by atoms with Crippen LogP contribution in [0.3, 0.4) is 0 Å². The Kier molecular flexibility index (Phi) is 4.89. The van der Waals surface area contributed by atoms with Crippen LogP contribution in [0, 0.1) is 11.3 Å². The fourth-order valence-electron chi connectivity index (χ4n) is 1.29. The van der Waals surface area contributed by atoms with Crippen molar-refractivity contribution in [2.24, 2.45) is 11.3 Å². The highest BCUT2D eigenvalue weighted by Crippen LogP contribution is 2.31. The van der Waals surface area contributed by atoms with Crippen LogP contribution in [0.4, 0.5) is 0 Å². The van der Waals surface area contributed by atoms with Gasteiger partial charge in [-0.05, 0) is 11.3 Å². The third-order valence-corrected chi connectivity index (χ3v) is 2.64. The molecule has 0 fully saturated rings. The van der Waals surface area contributed by atoms with Crippen molar-refractivity contribution < 1.29 is 9.53 Å². The SMILES string of the molecule is C=CC[C@@H](OC(C)=O)[C@@H](C)C(C)(C)C. The normalized spacial score (nSPS) is 15.8. The molecule has 0 aromatic rings. The summed E-state index contributed by atoms with van der Waals surface area (Å²) in [7, 11) is 0. The van der Waals surface area contributed by atoms with Gasteiger partial charge in [0.15, 0.2) is 0 Å². The van der Waals surface area contributed by atoms with Gasteiger partial charge in [0.25, 0.3) is 0 Å². The number of esters is 1. The Morgan fingerprint density at radius 3 is 2.29 bits per heavy atom. The fraction of sp³-hybridized carbons (Fsp3) is 0.750. The second-order valence-electron chi connectivity index (χ2n) is 4.83. The number of ether oxygens (including phenoxy) is 1. The summed E-state index contributed by atoms with van der Waals surface area (Å²) < 4.78 is 5.27. The quantitative estimate of drug-likeness (QED) is 0.512. The van der Waals surface area contributed by atoms with E-state index in [4.69, 9.17) is 4.74 Å². The van der Waals surface area contributed by atoms with E-state index in [0.717, 1.165) is 6.42 Å². The number of hydrogen-bond acceptors (Lipinski definition) is 2. The highest BCUT2D eigenvalue weighted by molar-refractivity contribution is 5.66. The first-order valence-electron chi connectivity index (χ1n) is 5.07. The summed E-state index contributed by atoms with van der Waals surface area (Å²) in [5.74, 6) is 0.109. The molecule has 0 heterocycles. The molecule has 0 spiro atoms. The van der Waals surface area contributed by atoms with Crippen LogP contribution in [0.2, 0.25) is 0 Å². The van der Waals surface area contributed by atoms with Crippen molar-refractivity contribution in [1.82, 2.24) is 0 Å². The maximum Gasteiger partial charge on any atom is 0.302 e. The molecule has 0 aromatic carbocycles. The van der Waals surface area contributed by atoms with E-state index in [9.17, 15) is 4.79 Å². The largest absolute Gasteiger partial charge is 0.462 e. The topological polar surface area (TPSA) is 26.3 Å². The molecule has 82 valence electrons. The monoisotopic (exact) mass is 198 g/mol. The van der Waals surface area contributed by atoms with Gasteiger partial charge in [-0.3, -0.25) is 4.79 Å². The van der Waals surface area contributed by atoms with Gasteiger partial charge in [-0.1, -0.05) is 33.8 Å². The number of carbonyl (C=O) groups is 1. The van der Waals surface area contributed by atoms with Crippen LogP contribution in [0.25, 0.3) is 0 Å². The molecule has 0 aliphatic heterocycles. The second kappa shape index (κ2) is 5.18. The third kappa shape index (κ3) is 4.45. The van der Waals surface area contributed by atoms with E-state index in [1.807, 2.05) is 0 Å². The van der Waals surface area contributed by atoms with Gasteiger partial charge in [0.1, 0.15) is 6.10 Å². The fourth-order valence-corrected chi connectivity index (χ4v) is 1.29. The Bertz CT molecular complexity index is 201. The molecule has 0 amide bonds. The molecule has 0 unspecified atom stereocenters. The van der Waals surface area contributed by atoms with Crippen molar-refractivity contribution in [2.75, 3.05) is 0 Å². The molecule has 2 heteroatoms.